The van der Waals surface area contributed by atoms with E-state index in [9.17, 15) is 4.79 Å². The van der Waals surface area contributed by atoms with Crippen molar-refractivity contribution in [3.05, 3.63) is 102 Å². The number of anilines is 1. The second-order valence-corrected chi connectivity index (χ2v) is 9.22. The molecule has 1 amide bonds. The van der Waals surface area contributed by atoms with Gasteiger partial charge in [-0.25, -0.2) is 9.59 Å². The number of carboxylic acid groups (broad SMARTS) is 2. The zero-order valence-electron chi connectivity index (χ0n) is 22.9. The molecule has 3 aromatic carbocycles. The van der Waals surface area contributed by atoms with Crippen LogP contribution in [-0.4, -0.2) is 71.7 Å². The molecule has 0 aromatic heterocycles. The highest BCUT2D eigenvalue weighted by molar-refractivity contribution is 6.27. The summed E-state index contributed by atoms with van der Waals surface area (Å²) in [5.41, 5.74) is 9.71. The summed E-state index contributed by atoms with van der Waals surface area (Å²) < 4.78 is 6.08. The normalized spacial score (nSPS) is 10.6. The highest BCUT2D eigenvalue weighted by Gasteiger charge is 2.15. The molecule has 4 N–H and O–H groups in total. The smallest absolute Gasteiger partial charge is 0.414 e. The highest BCUT2D eigenvalue weighted by atomic mass is 16.5. The quantitative estimate of drug-likeness (QED) is 0.134. The molecule has 0 atom stereocenters. The maximum absolute atomic E-state index is 13.2. The molecule has 0 aliphatic carbocycles. The number of nitrogens with two attached hydrogens (primary N) is 1. The number of hydrogen-bond acceptors (Lipinski definition) is 6. The number of nitrogen functional groups attached to an aromatic ring is 1. The van der Waals surface area contributed by atoms with Crippen molar-refractivity contribution < 1.29 is 29.3 Å². The fourth-order valence-corrected chi connectivity index (χ4v) is 3.60. The lowest BCUT2D eigenvalue weighted by Crippen LogP contribution is -2.31. The Bertz CT molecular complexity index is 1230. The van der Waals surface area contributed by atoms with E-state index in [1.54, 1.807) is 6.08 Å². The Labute approximate surface area is 235 Å². The van der Waals surface area contributed by atoms with E-state index in [2.05, 4.69) is 19.0 Å². The first-order chi connectivity index (χ1) is 19.2. The van der Waals surface area contributed by atoms with Gasteiger partial charge < -0.3 is 30.5 Å². The Hall–Kier alpha value is -4.63. The number of nitrogens with zero attached hydrogens (tertiary/aromatic N) is 2. The van der Waals surface area contributed by atoms with E-state index in [-0.39, 0.29) is 5.91 Å². The maximum Gasteiger partial charge on any atom is 0.414 e. The number of carboxylic acids is 2. The average molecular weight is 548 g/mol. The van der Waals surface area contributed by atoms with Crippen LogP contribution in [0.3, 0.4) is 0 Å². The van der Waals surface area contributed by atoms with E-state index in [0.717, 1.165) is 47.5 Å². The van der Waals surface area contributed by atoms with Gasteiger partial charge in [0, 0.05) is 37.0 Å². The monoisotopic (exact) mass is 547 g/mol. The number of rotatable bonds is 12. The maximum atomic E-state index is 13.2. The first-order valence-corrected chi connectivity index (χ1v) is 12.8. The van der Waals surface area contributed by atoms with Gasteiger partial charge >= 0.3 is 11.9 Å². The molecule has 212 valence electrons. The van der Waals surface area contributed by atoms with Crippen molar-refractivity contribution in [3.63, 3.8) is 0 Å². The van der Waals surface area contributed by atoms with Crippen LogP contribution in [0.5, 0.6) is 5.75 Å². The summed E-state index contributed by atoms with van der Waals surface area (Å²) in [7, 11) is 4.11. The number of benzene rings is 3. The second kappa shape index (κ2) is 17.1. The molecule has 0 unspecified atom stereocenters. The summed E-state index contributed by atoms with van der Waals surface area (Å²) in [4.78, 5) is 35.4. The molecule has 40 heavy (non-hydrogen) atoms. The fourth-order valence-electron chi connectivity index (χ4n) is 3.60. The number of carbonyl (C=O) groups excluding carboxylic acids is 1. The summed E-state index contributed by atoms with van der Waals surface area (Å²) in [6.45, 7) is 2.69. The lowest BCUT2D eigenvalue weighted by atomic mass is 10.1. The van der Waals surface area contributed by atoms with Crippen LogP contribution in [0.15, 0.2) is 84.9 Å². The molecular weight excluding hydrogens is 510 g/mol. The third-order valence-electron chi connectivity index (χ3n) is 5.70. The Kier molecular flexibility index (Phi) is 13.5. The first kappa shape index (κ1) is 31.6. The van der Waals surface area contributed by atoms with Gasteiger partial charge in [0.05, 0.1) is 6.61 Å². The Balaban J connectivity index is 0.000000840. The number of carbonyl (C=O) groups is 3. The molecule has 0 bridgehead atoms. The molecule has 0 aliphatic heterocycles. The molecule has 0 aliphatic rings. The van der Waals surface area contributed by atoms with Gasteiger partial charge in [-0.15, -0.1) is 0 Å². The van der Waals surface area contributed by atoms with Crippen LogP contribution in [0.25, 0.3) is 6.08 Å². The molecule has 0 heterocycles. The summed E-state index contributed by atoms with van der Waals surface area (Å²) >= 11 is 0. The highest BCUT2D eigenvalue weighted by Crippen LogP contribution is 2.21. The van der Waals surface area contributed by atoms with Crippen molar-refractivity contribution in [2.75, 3.05) is 39.5 Å². The average Bonchev–Trinajstić information content (AvgIpc) is 2.94. The van der Waals surface area contributed by atoms with Crippen molar-refractivity contribution in [3.8, 4) is 5.75 Å². The number of ether oxygens (including phenoxy) is 1. The number of aliphatic carboxylic acids is 2. The lowest BCUT2D eigenvalue weighted by Gasteiger charge is -2.23. The van der Waals surface area contributed by atoms with E-state index in [4.69, 9.17) is 30.3 Å². The molecule has 0 fully saturated rings. The van der Waals surface area contributed by atoms with E-state index in [1.165, 1.54) is 0 Å². The summed E-state index contributed by atoms with van der Waals surface area (Å²) in [6, 6.07) is 25.7. The zero-order chi connectivity index (χ0) is 29.3. The van der Waals surface area contributed by atoms with Crippen LogP contribution in [0.4, 0.5) is 5.69 Å². The molecule has 9 nitrogen and oxygen atoms in total. The first-order valence-electron chi connectivity index (χ1n) is 12.8. The van der Waals surface area contributed by atoms with Crippen molar-refractivity contribution in [1.82, 2.24) is 9.80 Å². The van der Waals surface area contributed by atoms with Gasteiger partial charge in [-0.05, 0) is 62.3 Å². The lowest BCUT2D eigenvalue weighted by molar-refractivity contribution is -0.159. The van der Waals surface area contributed by atoms with Gasteiger partial charge in [-0.1, -0.05) is 60.7 Å². The van der Waals surface area contributed by atoms with Gasteiger partial charge in [0.15, 0.2) is 0 Å². The SMILES string of the molecule is CN(C)CCCOc1ccccc1CN(CCc1ccc(N)cc1)C(=O)C=Cc1ccccc1.O=C(O)C(=O)O. The van der Waals surface area contributed by atoms with Gasteiger partial charge in [0.25, 0.3) is 0 Å². The van der Waals surface area contributed by atoms with Crippen molar-refractivity contribution in [2.45, 2.75) is 19.4 Å². The van der Waals surface area contributed by atoms with Crippen molar-refractivity contribution in [1.29, 1.82) is 0 Å². The molecule has 3 aromatic rings. The van der Waals surface area contributed by atoms with Gasteiger partial charge in [0.2, 0.25) is 5.91 Å². The topological polar surface area (TPSA) is 133 Å². The van der Waals surface area contributed by atoms with Crippen LogP contribution in [-0.2, 0) is 27.3 Å². The third kappa shape index (κ3) is 12.3. The number of amides is 1. The van der Waals surface area contributed by atoms with Crippen LogP contribution in [0, 0.1) is 0 Å². The number of hydrogen-bond donors (Lipinski definition) is 3. The van der Waals surface area contributed by atoms with Crippen molar-refractivity contribution in [2.24, 2.45) is 0 Å². The Morgan fingerprint density at radius 2 is 1.48 bits per heavy atom. The largest absolute Gasteiger partial charge is 0.493 e. The van der Waals surface area contributed by atoms with Gasteiger partial charge in [0.1, 0.15) is 5.75 Å². The van der Waals surface area contributed by atoms with Crippen LogP contribution in [0.1, 0.15) is 23.1 Å². The molecule has 0 spiro atoms. The molecular formula is C31H37N3O6. The van der Waals surface area contributed by atoms with E-state index in [0.29, 0.717) is 19.7 Å². The minimum Gasteiger partial charge on any atom is -0.493 e. The van der Waals surface area contributed by atoms with Crippen LogP contribution >= 0.6 is 0 Å². The fraction of sp³-hybridized carbons (Fsp3) is 0.258. The molecule has 9 heteroatoms. The van der Waals surface area contributed by atoms with E-state index in [1.807, 2.05) is 89.8 Å². The molecule has 0 saturated carbocycles. The molecule has 0 radical (unpaired) electrons. The predicted molar refractivity (Wildman–Crippen MR) is 156 cm³/mol. The second-order valence-electron chi connectivity index (χ2n) is 9.22. The standard InChI is InChI=1S/C29H35N3O2.C2H2O4/c1-31(2)20-8-22-34-28-12-7-6-11-26(28)23-32(21-19-25-13-16-27(30)17-14-25)29(33)18-15-24-9-4-3-5-10-24;3-1(4)2(5)6/h3-7,9-18H,8,19-23,30H2,1-2H3;(H,3,4)(H,5,6). The third-order valence-corrected chi connectivity index (χ3v) is 5.70. The Morgan fingerprint density at radius 1 is 0.850 bits per heavy atom. The van der Waals surface area contributed by atoms with Gasteiger partial charge in [-0.3, -0.25) is 4.79 Å². The summed E-state index contributed by atoms with van der Waals surface area (Å²) in [5.74, 6) is -2.84. The van der Waals surface area contributed by atoms with Crippen LogP contribution in [0.2, 0.25) is 0 Å². The van der Waals surface area contributed by atoms with Gasteiger partial charge in [-0.2, -0.15) is 0 Å². The minimum atomic E-state index is -1.82. The number of para-hydroxylation sites is 1. The predicted octanol–water partition coefficient (Wildman–Crippen LogP) is 4.04. The summed E-state index contributed by atoms with van der Waals surface area (Å²) in [5, 5.41) is 14.8. The molecule has 3 rings (SSSR count). The Morgan fingerprint density at radius 3 is 2.10 bits per heavy atom. The van der Waals surface area contributed by atoms with Crippen LogP contribution < -0.4 is 10.5 Å². The minimum absolute atomic E-state index is 0.0262. The van der Waals surface area contributed by atoms with E-state index >= 15 is 0 Å². The molecule has 0 saturated heterocycles. The zero-order valence-corrected chi connectivity index (χ0v) is 22.9. The van der Waals surface area contributed by atoms with E-state index < -0.39 is 11.9 Å². The summed E-state index contributed by atoms with van der Waals surface area (Å²) in [6.07, 6.45) is 5.21. The van der Waals surface area contributed by atoms with Crippen molar-refractivity contribution >= 4 is 29.6 Å².